The van der Waals surface area contributed by atoms with Crippen LogP contribution >= 0.6 is 22.9 Å². The number of hydrogen-bond acceptors (Lipinski definition) is 5. The highest BCUT2D eigenvalue weighted by atomic mass is 35.5. The van der Waals surface area contributed by atoms with E-state index in [1.807, 2.05) is 13.0 Å². The van der Waals surface area contributed by atoms with Gasteiger partial charge in [0.05, 0.1) is 11.6 Å². The van der Waals surface area contributed by atoms with E-state index in [0.717, 1.165) is 47.7 Å². The lowest BCUT2D eigenvalue weighted by atomic mass is 10.1. The fourth-order valence-corrected chi connectivity index (χ4v) is 3.31. The quantitative estimate of drug-likeness (QED) is 0.509. The molecule has 0 aliphatic heterocycles. The third-order valence-corrected chi connectivity index (χ3v) is 4.49. The molecule has 0 saturated carbocycles. The summed E-state index contributed by atoms with van der Waals surface area (Å²) in [7, 11) is 0. The number of carbonyl (C=O) groups is 1. The van der Waals surface area contributed by atoms with E-state index < -0.39 is 0 Å². The van der Waals surface area contributed by atoms with Crippen molar-refractivity contribution in [2.45, 2.75) is 46.0 Å². The van der Waals surface area contributed by atoms with E-state index in [2.05, 4.69) is 4.98 Å². The number of aromatic nitrogens is 1. The van der Waals surface area contributed by atoms with Crippen LogP contribution in [0.3, 0.4) is 0 Å². The van der Waals surface area contributed by atoms with Crippen LogP contribution in [0.25, 0.3) is 0 Å². The monoisotopic (exact) mass is 341 g/mol. The lowest BCUT2D eigenvalue weighted by Crippen LogP contribution is -2.06. The van der Waals surface area contributed by atoms with Crippen molar-refractivity contribution >= 4 is 28.9 Å². The van der Waals surface area contributed by atoms with Crippen LogP contribution in [0.2, 0.25) is 5.22 Å². The molecule has 120 valence electrons. The summed E-state index contributed by atoms with van der Waals surface area (Å²) in [5.74, 6) is 0.608. The van der Waals surface area contributed by atoms with Crippen LogP contribution in [0, 0.1) is 6.92 Å². The highest BCUT2D eigenvalue weighted by molar-refractivity contribution is 7.11. The smallest absolute Gasteiger partial charge is 0.358 e. The second-order valence-electron chi connectivity index (χ2n) is 5.00. The zero-order chi connectivity index (χ0) is 15.9. The van der Waals surface area contributed by atoms with Gasteiger partial charge in [0.1, 0.15) is 5.76 Å². The van der Waals surface area contributed by atoms with Crippen LogP contribution < -0.4 is 0 Å². The molecule has 4 nitrogen and oxygen atoms in total. The molecule has 0 amide bonds. The van der Waals surface area contributed by atoms with Gasteiger partial charge in [-0.1, -0.05) is 6.42 Å². The molecule has 0 atom stereocenters. The summed E-state index contributed by atoms with van der Waals surface area (Å²) >= 11 is 7.31. The largest absolute Gasteiger partial charge is 0.461 e. The highest BCUT2D eigenvalue weighted by Crippen LogP contribution is 2.21. The molecule has 6 heteroatoms. The Labute approximate surface area is 139 Å². The number of ether oxygens (including phenoxy) is 1. The lowest BCUT2D eigenvalue weighted by Gasteiger charge is -1.99. The van der Waals surface area contributed by atoms with Crippen molar-refractivity contribution in [1.29, 1.82) is 0 Å². The second kappa shape index (κ2) is 8.34. The molecule has 0 spiro atoms. The Morgan fingerprint density at radius 3 is 2.77 bits per heavy atom. The zero-order valence-electron chi connectivity index (χ0n) is 12.9. The number of unbranched alkanes of at least 4 members (excludes halogenated alkanes) is 2. The molecular weight excluding hydrogens is 322 g/mol. The van der Waals surface area contributed by atoms with Gasteiger partial charge in [-0.15, -0.1) is 11.3 Å². The highest BCUT2D eigenvalue weighted by Gasteiger charge is 2.16. The molecule has 2 aromatic heterocycles. The van der Waals surface area contributed by atoms with Crippen LogP contribution in [-0.4, -0.2) is 17.6 Å². The number of thiazole rings is 1. The second-order valence-corrected chi connectivity index (χ2v) is 6.66. The molecule has 0 aliphatic carbocycles. The van der Waals surface area contributed by atoms with Crippen molar-refractivity contribution in [3.8, 4) is 0 Å². The number of esters is 1. The Morgan fingerprint density at radius 1 is 1.32 bits per heavy atom. The molecule has 2 heterocycles. The molecule has 0 N–H and O–H groups in total. The van der Waals surface area contributed by atoms with Gasteiger partial charge in [-0.05, 0) is 56.8 Å². The Bertz CT molecular complexity index is 621. The normalized spacial score (nSPS) is 10.9. The van der Waals surface area contributed by atoms with Gasteiger partial charge in [0.25, 0.3) is 0 Å². The summed E-state index contributed by atoms with van der Waals surface area (Å²) in [6.45, 7) is 4.09. The number of furan rings is 1. The van der Waals surface area contributed by atoms with Gasteiger partial charge >= 0.3 is 5.97 Å². The van der Waals surface area contributed by atoms with Gasteiger partial charge in [0.15, 0.2) is 10.9 Å². The summed E-state index contributed by atoms with van der Waals surface area (Å²) in [5.41, 5.74) is 0.465. The topological polar surface area (TPSA) is 52.3 Å². The Kier molecular flexibility index (Phi) is 6.46. The van der Waals surface area contributed by atoms with Crippen LogP contribution in [0.15, 0.2) is 16.5 Å². The van der Waals surface area contributed by atoms with Crippen molar-refractivity contribution in [2.75, 3.05) is 6.61 Å². The molecule has 0 bridgehead atoms. The minimum absolute atomic E-state index is 0.322. The van der Waals surface area contributed by atoms with Gasteiger partial charge < -0.3 is 9.15 Å². The maximum absolute atomic E-state index is 11.7. The molecule has 2 aromatic rings. The molecule has 0 fully saturated rings. The lowest BCUT2D eigenvalue weighted by molar-refractivity contribution is 0.0519. The Morgan fingerprint density at radius 2 is 2.09 bits per heavy atom. The van der Waals surface area contributed by atoms with Crippen LogP contribution in [-0.2, 0) is 17.6 Å². The number of carbonyl (C=O) groups excluding carboxylic acids is 1. The number of nitrogens with zero attached hydrogens (tertiary/aromatic N) is 1. The predicted octanol–water partition coefficient (Wildman–Crippen LogP) is 4.83. The van der Waals surface area contributed by atoms with E-state index in [0.29, 0.717) is 17.5 Å². The molecule has 0 aromatic carbocycles. The summed E-state index contributed by atoms with van der Waals surface area (Å²) < 4.78 is 10.3. The minimum atomic E-state index is -0.322. The summed E-state index contributed by atoms with van der Waals surface area (Å²) in [6.07, 6.45) is 4.98. The Balaban J connectivity index is 1.73. The van der Waals surface area contributed by atoms with Crippen molar-refractivity contribution in [3.63, 3.8) is 0 Å². The molecule has 0 unspecified atom stereocenters. The fourth-order valence-electron chi connectivity index (χ4n) is 2.19. The van der Waals surface area contributed by atoms with E-state index in [9.17, 15) is 4.79 Å². The van der Waals surface area contributed by atoms with Crippen molar-refractivity contribution in [2.24, 2.45) is 0 Å². The molecule has 0 radical (unpaired) electrons. The first-order valence-corrected chi connectivity index (χ1v) is 8.67. The van der Waals surface area contributed by atoms with Gasteiger partial charge in [-0.2, -0.15) is 0 Å². The van der Waals surface area contributed by atoms with Crippen LogP contribution in [0.5, 0.6) is 0 Å². The first-order valence-electron chi connectivity index (χ1n) is 7.47. The standard InChI is InChI=1S/C16H20ClNO3S/c1-3-20-16(19)15-11(2)22-14(18-15)8-6-4-5-7-12-9-10-13(17)21-12/h9-10H,3-8H2,1-2H3. The number of aryl methyl sites for hydroxylation is 3. The molecule has 0 saturated heterocycles. The van der Waals surface area contributed by atoms with Gasteiger partial charge in [-0.25, -0.2) is 9.78 Å². The summed E-state index contributed by atoms with van der Waals surface area (Å²) in [4.78, 5) is 17.0. The molecular formula is C16H20ClNO3S. The van der Waals surface area contributed by atoms with E-state index in [1.165, 1.54) is 0 Å². The average molecular weight is 342 g/mol. The summed E-state index contributed by atoms with van der Waals surface area (Å²) in [6, 6.07) is 3.68. The van der Waals surface area contributed by atoms with Crippen LogP contribution in [0.1, 0.15) is 52.3 Å². The third-order valence-electron chi connectivity index (χ3n) is 3.25. The first kappa shape index (κ1) is 17.0. The maximum Gasteiger partial charge on any atom is 0.358 e. The summed E-state index contributed by atoms with van der Waals surface area (Å²) in [5, 5.41) is 1.45. The van der Waals surface area contributed by atoms with Crippen LogP contribution in [0.4, 0.5) is 0 Å². The third kappa shape index (κ3) is 4.85. The van der Waals surface area contributed by atoms with Crippen molar-refractivity contribution in [1.82, 2.24) is 4.98 Å². The van der Waals surface area contributed by atoms with Crippen molar-refractivity contribution < 1.29 is 13.9 Å². The fraction of sp³-hybridized carbons (Fsp3) is 0.500. The van der Waals surface area contributed by atoms with E-state index >= 15 is 0 Å². The average Bonchev–Trinajstić information content (AvgIpc) is 3.05. The minimum Gasteiger partial charge on any atom is -0.461 e. The van der Waals surface area contributed by atoms with Gasteiger partial charge in [0.2, 0.25) is 0 Å². The molecule has 2 rings (SSSR count). The first-order chi connectivity index (χ1) is 10.6. The predicted molar refractivity (Wildman–Crippen MR) is 87.8 cm³/mol. The molecule has 22 heavy (non-hydrogen) atoms. The number of hydrogen-bond donors (Lipinski definition) is 0. The number of rotatable bonds is 8. The number of halogens is 1. The van der Waals surface area contributed by atoms with Crippen molar-refractivity contribution in [3.05, 3.63) is 38.7 Å². The van der Waals surface area contributed by atoms with E-state index in [-0.39, 0.29) is 5.97 Å². The van der Waals surface area contributed by atoms with Gasteiger partial charge in [0, 0.05) is 11.3 Å². The van der Waals surface area contributed by atoms with E-state index in [4.69, 9.17) is 20.8 Å². The molecule has 0 aliphatic rings. The SMILES string of the molecule is CCOC(=O)c1nc(CCCCCc2ccc(Cl)o2)sc1C. The zero-order valence-corrected chi connectivity index (χ0v) is 14.4. The van der Waals surface area contributed by atoms with E-state index in [1.54, 1.807) is 24.3 Å². The maximum atomic E-state index is 11.7. The van der Waals surface area contributed by atoms with Gasteiger partial charge in [-0.3, -0.25) is 0 Å². The Hall–Kier alpha value is -1.33.